The lowest BCUT2D eigenvalue weighted by molar-refractivity contribution is -0.130. The number of fused-ring (bicyclic) bond motifs is 1. The largest absolute Gasteiger partial charge is 0.303 e. The van der Waals surface area contributed by atoms with Crippen molar-refractivity contribution in [3.05, 3.63) is 0 Å². The summed E-state index contributed by atoms with van der Waals surface area (Å²) >= 11 is 0. The van der Waals surface area contributed by atoms with Gasteiger partial charge in [-0.25, -0.2) is 0 Å². The summed E-state index contributed by atoms with van der Waals surface area (Å²) in [6.45, 7) is 13.3. The van der Waals surface area contributed by atoms with Gasteiger partial charge in [-0.1, -0.05) is 195 Å². The number of hydrogen-bond donors (Lipinski definition) is 0. The molecule has 54 heavy (non-hydrogen) atoms. The number of unbranched alkanes of at least 4 members (excludes halogenated alkanes) is 5. The number of rotatable bonds is 10. The number of carbonyl (C=O) groups excluding carboxylic acids is 2. The van der Waals surface area contributed by atoms with Crippen molar-refractivity contribution in [1.29, 1.82) is 0 Å². The van der Waals surface area contributed by atoms with Gasteiger partial charge >= 0.3 is 0 Å². The fourth-order valence-corrected chi connectivity index (χ4v) is 10.4. The summed E-state index contributed by atoms with van der Waals surface area (Å²) in [5, 5.41) is 0. The molecule has 1 saturated carbocycles. The Labute approximate surface area is 339 Å². The van der Waals surface area contributed by atoms with E-state index in [1.165, 1.54) is 219 Å². The van der Waals surface area contributed by atoms with Crippen LogP contribution in [0.3, 0.4) is 0 Å². The van der Waals surface area contributed by atoms with Crippen LogP contribution in [-0.4, -0.2) is 36.1 Å². The van der Waals surface area contributed by atoms with Crippen LogP contribution in [0.2, 0.25) is 0 Å². The third-order valence-corrected chi connectivity index (χ3v) is 14.2. The average molecular weight is 756 g/mol. The van der Waals surface area contributed by atoms with Gasteiger partial charge in [0.2, 0.25) is 0 Å². The second-order valence-corrected chi connectivity index (χ2v) is 18.8. The van der Waals surface area contributed by atoms with Crippen LogP contribution in [0.1, 0.15) is 265 Å². The van der Waals surface area contributed by atoms with Crippen molar-refractivity contribution in [2.24, 2.45) is 29.6 Å². The number of nitrogens with zero attached hydrogens (tertiary/aromatic N) is 1. The van der Waals surface area contributed by atoms with Crippen LogP contribution in [0.5, 0.6) is 0 Å². The van der Waals surface area contributed by atoms with Crippen LogP contribution < -0.4 is 0 Å². The lowest BCUT2D eigenvalue weighted by Crippen LogP contribution is -2.38. The molecule has 1 saturated heterocycles. The van der Waals surface area contributed by atoms with Crippen LogP contribution in [-0.2, 0) is 9.59 Å². The van der Waals surface area contributed by atoms with Crippen molar-refractivity contribution in [2.75, 3.05) is 19.6 Å². The Morgan fingerprint density at radius 1 is 0.481 bits per heavy atom. The van der Waals surface area contributed by atoms with E-state index in [9.17, 15) is 9.59 Å². The minimum absolute atomic E-state index is 0.391. The SMILES string of the molecule is CCCCCCCCC1CCCCCC(CC)C(C)CCCCCCCCCC(=O)CCCCCCCN(CCC)CCCCCCCC(=O)[C@@H]2CCC12. The van der Waals surface area contributed by atoms with Gasteiger partial charge < -0.3 is 4.90 Å². The third kappa shape index (κ3) is 24.2. The van der Waals surface area contributed by atoms with Gasteiger partial charge in [-0.3, -0.25) is 9.59 Å². The number of Topliss-reactive ketones (excluding diaryl/α,β-unsaturated/α-hetero) is 2. The summed E-state index contributed by atoms with van der Waals surface area (Å²) < 4.78 is 0. The minimum Gasteiger partial charge on any atom is -0.303 e. The van der Waals surface area contributed by atoms with E-state index in [4.69, 9.17) is 0 Å². The molecule has 2 rings (SSSR count). The molecule has 0 aromatic rings. The van der Waals surface area contributed by atoms with Crippen molar-refractivity contribution in [2.45, 2.75) is 265 Å². The van der Waals surface area contributed by atoms with Crippen LogP contribution in [0.4, 0.5) is 0 Å². The van der Waals surface area contributed by atoms with Gasteiger partial charge in [0.05, 0.1) is 0 Å². The molecule has 0 amide bonds. The first-order chi connectivity index (χ1) is 26.5. The molecule has 0 aromatic carbocycles. The fraction of sp³-hybridized carbons (Fsp3) is 0.961. The molecule has 3 nitrogen and oxygen atoms in total. The lowest BCUT2D eigenvalue weighted by atomic mass is 9.62. The average Bonchev–Trinajstić information content (AvgIpc) is 3.14. The summed E-state index contributed by atoms with van der Waals surface area (Å²) in [6, 6.07) is 0. The quantitative estimate of drug-likeness (QED) is 0.208. The first-order valence-corrected chi connectivity index (χ1v) is 25.3. The van der Waals surface area contributed by atoms with E-state index in [1.807, 2.05) is 0 Å². The number of carbonyl (C=O) groups is 2. The molecule has 2 aliphatic rings. The predicted octanol–water partition coefficient (Wildman–Crippen LogP) is 16.0. The van der Waals surface area contributed by atoms with Gasteiger partial charge in [0.1, 0.15) is 11.6 Å². The summed E-state index contributed by atoms with van der Waals surface area (Å²) in [7, 11) is 0. The van der Waals surface area contributed by atoms with Crippen molar-refractivity contribution < 1.29 is 9.59 Å². The van der Waals surface area contributed by atoms with Gasteiger partial charge in [-0.2, -0.15) is 0 Å². The van der Waals surface area contributed by atoms with Crippen molar-refractivity contribution >= 4 is 11.6 Å². The topological polar surface area (TPSA) is 37.4 Å². The zero-order chi connectivity index (χ0) is 38.9. The molecule has 1 heterocycles. The predicted molar refractivity (Wildman–Crippen MR) is 237 cm³/mol. The maximum Gasteiger partial charge on any atom is 0.136 e. The second kappa shape index (κ2) is 34.4. The van der Waals surface area contributed by atoms with E-state index in [0.29, 0.717) is 23.4 Å². The third-order valence-electron chi connectivity index (χ3n) is 14.2. The Kier molecular flexibility index (Phi) is 31.5. The maximum atomic E-state index is 13.5. The van der Waals surface area contributed by atoms with Crippen LogP contribution >= 0.6 is 0 Å². The van der Waals surface area contributed by atoms with E-state index >= 15 is 0 Å². The van der Waals surface area contributed by atoms with E-state index in [2.05, 4.69) is 32.6 Å². The Hall–Kier alpha value is -0.700. The van der Waals surface area contributed by atoms with Crippen LogP contribution in [0, 0.1) is 29.6 Å². The monoisotopic (exact) mass is 756 g/mol. The van der Waals surface area contributed by atoms with E-state index in [-0.39, 0.29) is 0 Å². The molecular weight excluding hydrogens is 659 g/mol. The molecule has 318 valence electrons. The zero-order valence-corrected chi connectivity index (χ0v) is 37.4. The molecular formula is C51H97NO2. The Bertz CT molecular complexity index is 870. The van der Waals surface area contributed by atoms with Gasteiger partial charge in [0.25, 0.3) is 0 Å². The summed E-state index contributed by atoms with van der Waals surface area (Å²) in [4.78, 5) is 28.6. The highest BCUT2D eigenvalue weighted by molar-refractivity contribution is 5.82. The summed E-state index contributed by atoms with van der Waals surface area (Å²) in [6.07, 6.45) is 47.3. The van der Waals surface area contributed by atoms with Crippen molar-refractivity contribution in [1.82, 2.24) is 4.90 Å². The Morgan fingerprint density at radius 3 is 1.56 bits per heavy atom. The van der Waals surface area contributed by atoms with E-state index in [1.54, 1.807) is 0 Å². The first-order valence-electron chi connectivity index (χ1n) is 25.3. The van der Waals surface area contributed by atoms with Crippen LogP contribution in [0.15, 0.2) is 0 Å². The zero-order valence-electron chi connectivity index (χ0n) is 37.4. The first kappa shape index (κ1) is 49.4. The van der Waals surface area contributed by atoms with Crippen molar-refractivity contribution in [3.63, 3.8) is 0 Å². The van der Waals surface area contributed by atoms with Gasteiger partial charge in [-0.05, 0) is 94.7 Å². The summed E-state index contributed by atoms with van der Waals surface area (Å²) in [5.41, 5.74) is 0. The van der Waals surface area contributed by atoms with Crippen LogP contribution in [0.25, 0.3) is 0 Å². The standard InChI is InChI=1S/C51H97NO2/c1-5-8-9-10-17-25-35-47-36-27-23-26-34-46(7-3)45(4)33-24-16-12-11-13-18-28-37-48(53)38-29-19-14-21-31-43-52(42-6-2)44-32-22-15-20-30-39-51(54)50-41-40-49(47)50/h45-47,49-50H,5-44H2,1-4H3/t45?,46?,47?,49?,50-/m1/s1. The highest BCUT2D eigenvalue weighted by Crippen LogP contribution is 2.45. The Balaban J connectivity index is 1.86. The molecule has 2 fully saturated rings. The minimum atomic E-state index is 0.391. The lowest BCUT2D eigenvalue weighted by Gasteiger charge is -2.41. The number of ketones is 2. The van der Waals surface area contributed by atoms with E-state index < -0.39 is 0 Å². The molecule has 4 unspecified atom stereocenters. The van der Waals surface area contributed by atoms with Gasteiger partial charge in [0, 0.05) is 25.2 Å². The van der Waals surface area contributed by atoms with Gasteiger partial charge in [-0.15, -0.1) is 0 Å². The van der Waals surface area contributed by atoms with Gasteiger partial charge in [0.15, 0.2) is 0 Å². The molecule has 0 aromatic heterocycles. The van der Waals surface area contributed by atoms with E-state index in [0.717, 1.165) is 56.3 Å². The molecule has 1 aliphatic carbocycles. The highest BCUT2D eigenvalue weighted by Gasteiger charge is 2.40. The molecule has 0 N–H and O–H groups in total. The normalized spacial score (nSPS) is 28.2. The maximum absolute atomic E-state index is 13.5. The molecule has 1 aliphatic heterocycles. The fourth-order valence-electron chi connectivity index (χ4n) is 10.4. The summed E-state index contributed by atoms with van der Waals surface area (Å²) in [5.74, 6) is 4.77. The molecule has 0 spiro atoms. The molecule has 0 radical (unpaired) electrons. The molecule has 3 heteroatoms. The smallest absolute Gasteiger partial charge is 0.136 e. The highest BCUT2D eigenvalue weighted by atomic mass is 16.1. The Morgan fingerprint density at radius 2 is 0.981 bits per heavy atom. The molecule has 0 bridgehead atoms. The second-order valence-electron chi connectivity index (χ2n) is 18.8. The van der Waals surface area contributed by atoms with Crippen molar-refractivity contribution in [3.8, 4) is 0 Å². The number of hydrogen-bond acceptors (Lipinski definition) is 3. The molecule has 5 atom stereocenters.